The Bertz CT molecular complexity index is 1010. The zero-order valence-electron chi connectivity index (χ0n) is 16.6. The highest BCUT2D eigenvalue weighted by Crippen LogP contribution is 2.25. The highest BCUT2D eigenvalue weighted by atomic mass is 16.5. The van der Waals surface area contributed by atoms with E-state index in [1.807, 2.05) is 31.9 Å². The quantitative estimate of drug-likeness (QED) is 0.632. The molecule has 7 heteroatoms. The van der Waals surface area contributed by atoms with Gasteiger partial charge in [0.2, 0.25) is 0 Å². The third-order valence-corrected chi connectivity index (χ3v) is 4.81. The Morgan fingerprint density at radius 1 is 1.14 bits per heavy atom. The lowest BCUT2D eigenvalue weighted by atomic mass is 10.1. The lowest BCUT2D eigenvalue weighted by Gasteiger charge is -2.22. The summed E-state index contributed by atoms with van der Waals surface area (Å²) in [6.45, 7) is 4.35. The van der Waals surface area contributed by atoms with Crippen molar-refractivity contribution in [2.24, 2.45) is 0 Å². The van der Waals surface area contributed by atoms with Crippen molar-refractivity contribution in [2.45, 2.75) is 20.3 Å². The summed E-state index contributed by atoms with van der Waals surface area (Å²) in [5, 5.41) is 16.4. The normalized spacial score (nSPS) is 10.6. The number of nitrogens with one attached hydrogen (secondary N) is 1. The molecule has 0 aliphatic heterocycles. The number of amides is 1. The molecule has 0 bridgehead atoms. The Kier molecular flexibility index (Phi) is 5.97. The first kappa shape index (κ1) is 20.1. The van der Waals surface area contributed by atoms with Crippen molar-refractivity contribution in [3.63, 3.8) is 0 Å². The van der Waals surface area contributed by atoms with Crippen molar-refractivity contribution in [1.29, 1.82) is 0 Å². The van der Waals surface area contributed by atoms with Crippen LogP contribution in [0.25, 0.3) is 0 Å². The largest absolute Gasteiger partial charge is 0.478 e. The Hall–Kier alpha value is -3.61. The molecule has 29 heavy (non-hydrogen) atoms. The van der Waals surface area contributed by atoms with Gasteiger partial charge in [-0.25, -0.2) is 4.79 Å². The van der Waals surface area contributed by atoms with Crippen LogP contribution in [0.1, 0.15) is 37.7 Å². The van der Waals surface area contributed by atoms with Gasteiger partial charge in [0, 0.05) is 30.4 Å². The Morgan fingerprint density at radius 2 is 1.86 bits per heavy atom. The van der Waals surface area contributed by atoms with Crippen molar-refractivity contribution < 1.29 is 19.2 Å². The summed E-state index contributed by atoms with van der Waals surface area (Å²) in [5.41, 5.74) is 3.50. The minimum atomic E-state index is -1.06. The molecular formula is C22H23N3O4. The highest BCUT2D eigenvalue weighted by Gasteiger charge is 2.17. The number of carbonyl (C=O) groups is 2. The number of aryl methyl sites for hydroxylation is 2. The van der Waals surface area contributed by atoms with E-state index in [1.54, 1.807) is 36.4 Å². The van der Waals surface area contributed by atoms with E-state index in [0.29, 0.717) is 29.9 Å². The van der Waals surface area contributed by atoms with Gasteiger partial charge < -0.3 is 19.8 Å². The first-order chi connectivity index (χ1) is 13.9. The van der Waals surface area contributed by atoms with Crippen LogP contribution in [-0.4, -0.2) is 35.7 Å². The van der Waals surface area contributed by atoms with Crippen LogP contribution in [0.5, 0.6) is 0 Å². The molecule has 0 aliphatic carbocycles. The van der Waals surface area contributed by atoms with Crippen LogP contribution in [0.4, 0.5) is 11.4 Å². The first-order valence-electron chi connectivity index (χ1n) is 9.23. The number of carboxylic acid groups (broad SMARTS) is 1. The topological polar surface area (TPSA) is 95.7 Å². The van der Waals surface area contributed by atoms with Crippen molar-refractivity contribution in [1.82, 2.24) is 5.16 Å². The molecule has 150 valence electrons. The number of hydrogen-bond donors (Lipinski definition) is 2. The second-order valence-electron chi connectivity index (χ2n) is 6.83. The standard InChI is InChI=1S/C22H23N3O4/c1-14-18(15(2)29-24-14)11-12-25(3)20-10-9-17(13-19(20)22(27)28)23-21(26)16-7-5-4-6-8-16/h4-10,13H,11-12H2,1-3H3,(H,23,26)(H,27,28). The van der Waals surface area contributed by atoms with E-state index in [9.17, 15) is 14.7 Å². The van der Waals surface area contributed by atoms with Crippen LogP contribution in [0, 0.1) is 13.8 Å². The Labute approximate surface area is 168 Å². The van der Waals surface area contributed by atoms with Crippen LogP contribution in [0.15, 0.2) is 53.1 Å². The first-order valence-corrected chi connectivity index (χ1v) is 9.23. The van der Waals surface area contributed by atoms with Crippen LogP contribution in [0.2, 0.25) is 0 Å². The fourth-order valence-corrected chi connectivity index (χ4v) is 3.17. The molecule has 3 aromatic rings. The Morgan fingerprint density at radius 3 is 2.48 bits per heavy atom. The number of carboxylic acids is 1. The average molecular weight is 393 g/mol. The summed E-state index contributed by atoms with van der Waals surface area (Å²) >= 11 is 0. The molecule has 1 aromatic heterocycles. The molecular weight excluding hydrogens is 370 g/mol. The van der Waals surface area contributed by atoms with Gasteiger partial charge in [-0.1, -0.05) is 23.4 Å². The van der Waals surface area contributed by atoms with E-state index in [4.69, 9.17) is 4.52 Å². The van der Waals surface area contributed by atoms with Gasteiger partial charge in [0.05, 0.1) is 16.9 Å². The summed E-state index contributed by atoms with van der Waals surface area (Å²) in [7, 11) is 1.84. The molecule has 1 amide bonds. The molecule has 1 heterocycles. The maximum atomic E-state index is 12.3. The predicted molar refractivity (Wildman–Crippen MR) is 111 cm³/mol. The molecule has 0 fully saturated rings. The van der Waals surface area contributed by atoms with Gasteiger partial charge in [0.15, 0.2) is 0 Å². The van der Waals surface area contributed by atoms with E-state index in [-0.39, 0.29) is 11.5 Å². The lowest BCUT2D eigenvalue weighted by Crippen LogP contribution is -2.23. The molecule has 0 unspecified atom stereocenters. The van der Waals surface area contributed by atoms with Crippen LogP contribution >= 0.6 is 0 Å². The molecule has 0 radical (unpaired) electrons. The highest BCUT2D eigenvalue weighted by molar-refractivity contribution is 6.05. The fourth-order valence-electron chi connectivity index (χ4n) is 3.17. The third-order valence-electron chi connectivity index (χ3n) is 4.81. The van der Waals surface area contributed by atoms with Crippen LogP contribution < -0.4 is 10.2 Å². The zero-order valence-corrected chi connectivity index (χ0v) is 16.6. The number of hydrogen-bond acceptors (Lipinski definition) is 5. The van der Waals surface area contributed by atoms with E-state index >= 15 is 0 Å². The van der Waals surface area contributed by atoms with Gasteiger partial charge in [-0.2, -0.15) is 0 Å². The molecule has 0 atom stereocenters. The third kappa shape index (κ3) is 4.63. The zero-order chi connectivity index (χ0) is 21.0. The number of likely N-dealkylation sites (N-methyl/N-ethyl adjacent to an activating group) is 1. The van der Waals surface area contributed by atoms with Crippen molar-refractivity contribution in [3.05, 3.63) is 76.7 Å². The smallest absolute Gasteiger partial charge is 0.337 e. The molecule has 3 rings (SSSR count). The summed E-state index contributed by atoms with van der Waals surface area (Å²) in [6.07, 6.45) is 0.684. The summed E-state index contributed by atoms with van der Waals surface area (Å²) in [5.74, 6) is -0.574. The maximum Gasteiger partial charge on any atom is 0.337 e. The predicted octanol–water partition coefficient (Wildman–Crippen LogP) is 3.92. The number of carbonyl (C=O) groups excluding carboxylic acids is 1. The SMILES string of the molecule is Cc1noc(C)c1CCN(C)c1ccc(NC(=O)c2ccccc2)cc1C(=O)O. The van der Waals surface area contributed by atoms with Gasteiger partial charge in [0.25, 0.3) is 5.91 Å². The average Bonchev–Trinajstić information content (AvgIpc) is 3.04. The van der Waals surface area contributed by atoms with Gasteiger partial charge >= 0.3 is 5.97 Å². The van der Waals surface area contributed by atoms with Crippen LogP contribution in [0.3, 0.4) is 0 Å². The summed E-state index contributed by atoms with van der Waals surface area (Å²) in [6, 6.07) is 13.7. The minimum absolute atomic E-state index is 0.122. The van der Waals surface area contributed by atoms with E-state index in [2.05, 4.69) is 10.5 Å². The van der Waals surface area contributed by atoms with E-state index in [1.165, 1.54) is 6.07 Å². The molecule has 0 saturated carbocycles. The fraction of sp³-hybridized carbons (Fsp3) is 0.227. The van der Waals surface area contributed by atoms with Gasteiger partial charge in [0.1, 0.15) is 5.76 Å². The van der Waals surface area contributed by atoms with E-state index < -0.39 is 5.97 Å². The lowest BCUT2D eigenvalue weighted by molar-refractivity contribution is 0.0697. The maximum absolute atomic E-state index is 12.3. The van der Waals surface area contributed by atoms with Crippen molar-refractivity contribution >= 4 is 23.3 Å². The molecule has 2 aromatic carbocycles. The molecule has 0 spiro atoms. The number of rotatable bonds is 7. The molecule has 2 N–H and O–H groups in total. The molecule has 7 nitrogen and oxygen atoms in total. The second-order valence-corrected chi connectivity index (χ2v) is 6.83. The number of aromatic carboxylic acids is 1. The molecule has 0 saturated heterocycles. The number of nitrogens with zero attached hydrogens (tertiary/aromatic N) is 2. The number of aromatic nitrogens is 1. The monoisotopic (exact) mass is 393 g/mol. The van der Waals surface area contributed by atoms with E-state index in [0.717, 1.165) is 17.0 Å². The number of benzene rings is 2. The van der Waals surface area contributed by atoms with Gasteiger partial charge in [-0.05, 0) is 50.6 Å². The summed E-state index contributed by atoms with van der Waals surface area (Å²) < 4.78 is 5.18. The molecule has 0 aliphatic rings. The minimum Gasteiger partial charge on any atom is -0.478 e. The number of anilines is 2. The van der Waals surface area contributed by atoms with Crippen molar-refractivity contribution in [3.8, 4) is 0 Å². The van der Waals surface area contributed by atoms with Gasteiger partial charge in [-0.3, -0.25) is 4.79 Å². The van der Waals surface area contributed by atoms with Gasteiger partial charge in [-0.15, -0.1) is 0 Å². The van der Waals surface area contributed by atoms with Crippen LogP contribution in [-0.2, 0) is 6.42 Å². The van der Waals surface area contributed by atoms with Crippen molar-refractivity contribution in [2.75, 3.05) is 23.8 Å². The summed E-state index contributed by atoms with van der Waals surface area (Å²) in [4.78, 5) is 26.0. The second kappa shape index (κ2) is 8.60. The Balaban J connectivity index is 1.77.